The van der Waals surface area contributed by atoms with Gasteiger partial charge in [-0.3, -0.25) is 0 Å². The summed E-state index contributed by atoms with van der Waals surface area (Å²) in [5.41, 5.74) is 4.25. The Balaban J connectivity index is 1.42. The van der Waals surface area contributed by atoms with Gasteiger partial charge in [0.05, 0.1) is 0 Å². The highest BCUT2D eigenvalue weighted by Crippen LogP contribution is 2.40. The fourth-order valence-electron chi connectivity index (χ4n) is 3.75. The Hall–Kier alpha value is -1.93. The van der Waals surface area contributed by atoms with E-state index in [0.29, 0.717) is 0 Å². The predicted molar refractivity (Wildman–Crippen MR) is 97.9 cm³/mol. The van der Waals surface area contributed by atoms with Crippen LogP contribution in [0.4, 0.5) is 0 Å². The van der Waals surface area contributed by atoms with Crippen LogP contribution in [-0.4, -0.2) is 4.98 Å². The molecule has 0 bridgehead atoms. The fourth-order valence-corrected chi connectivity index (χ4v) is 4.39. The second kappa shape index (κ2) is 6.67. The topological polar surface area (TPSA) is 12.9 Å². The number of hydrogen-bond donors (Lipinski definition) is 0. The van der Waals surface area contributed by atoms with Gasteiger partial charge >= 0.3 is 0 Å². The van der Waals surface area contributed by atoms with E-state index < -0.39 is 0 Å². The first kappa shape index (κ1) is 14.6. The Kier molecular flexibility index (Phi) is 4.25. The van der Waals surface area contributed by atoms with Crippen molar-refractivity contribution in [2.24, 2.45) is 0 Å². The first-order valence-electron chi connectivity index (χ1n) is 8.45. The van der Waals surface area contributed by atoms with Gasteiger partial charge in [0, 0.05) is 17.1 Å². The number of rotatable bonds is 3. The minimum Gasteiger partial charge on any atom is -0.245 e. The molecular weight excluding hydrogens is 298 g/mol. The van der Waals surface area contributed by atoms with Crippen LogP contribution in [0, 0.1) is 0 Å². The zero-order valence-electron chi connectivity index (χ0n) is 13.2. The Morgan fingerprint density at radius 3 is 1.91 bits per heavy atom. The Morgan fingerprint density at radius 2 is 1.35 bits per heavy atom. The maximum absolute atomic E-state index is 4.39. The minimum absolute atomic E-state index is 0.723. The first-order chi connectivity index (χ1) is 11.4. The van der Waals surface area contributed by atoms with E-state index in [0.717, 1.165) is 16.8 Å². The van der Waals surface area contributed by atoms with Crippen LogP contribution in [0.2, 0.25) is 0 Å². The molecule has 1 fully saturated rings. The molecule has 1 heterocycles. The Labute approximate surface area is 142 Å². The van der Waals surface area contributed by atoms with Gasteiger partial charge in [-0.25, -0.2) is 4.98 Å². The summed E-state index contributed by atoms with van der Waals surface area (Å²) in [4.78, 5) is 4.39. The third-order valence-electron chi connectivity index (χ3n) is 5.06. The monoisotopic (exact) mass is 319 g/mol. The lowest BCUT2D eigenvalue weighted by atomic mass is 9.76. The van der Waals surface area contributed by atoms with E-state index >= 15 is 0 Å². The number of aromatic nitrogens is 1. The van der Waals surface area contributed by atoms with Crippen molar-refractivity contribution < 1.29 is 0 Å². The van der Waals surface area contributed by atoms with Gasteiger partial charge in [-0.1, -0.05) is 54.6 Å². The summed E-state index contributed by atoms with van der Waals surface area (Å²) in [7, 11) is 0. The van der Waals surface area contributed by atoms with Gasteiger partial charge in [0.15, 0.2) is 0 Å². The van der Waals surface area contributed by atoms with Crippen molar-refractivity contribution in [2.45, 2.75) is 37.5 Å². The van der Waals surface area contributed by atoms with Gasteiger partial charge in [-0.2, -0.15) is 0 Å². The molecule has 1 nitrogen and oxygen atoms in total. The molecule has 3 aromatic rings. The summed E-state index contributed by atoms with van der Waals surface area (Å²) < 4.78 is 0. The van der Waals surface area contributed by atoms with E-state index in [1.807, 2.05) is 11.6 Å². The normalized spacial score (nSPS) is 21.2. The molecule has 0 amide bonds. The van der Waals surface area contributed by atoms with Crippen LogP contribution in [0.3, 0.4) is 0 Å². The van der Waals surface area contributed by atoms with Crippen LogP contribution >= 0.6 is 11.3 Å². The van der Waals surface area contributed by atoms with Crippen molar-refractivity contribution >= 4 is 11.3 Å². The van der Waals surface area contributed by atoms with Crippen molar-refractivity contribution in [2.75, 3.05) is 0 Å². The number of hydrogen-bond acceptors (Lipinski definition) is 2. The van der Waals surface area contributed by atoms with Crippen LogP contribution in [0.5, 0.6) is 0 Å². The highest BCUT2D eigenvalue weighted by Gasteiger charge is 2.23. The van der Waals surface area contributed by atoms with Gasteiger partial charge in [-0.15, -0.1) is 11.3 Å². The molecule has 0 N–H and O–H groups in total. The lowest BCUT2D eigenvalue weighted by Gasteiger charge is -2.29. The van der Waals surface area contributed by atoms with Gasteiger partial charge in [0.1, 0.15) is 5.01 Å². The number of thiazole rings is 1. The predicted octanol–water partition coefficient (Wildman–Crippen LogP) is 6.25. The second-order valence-corrected chi connectivity index (χ2v) is 7.31. The molecule has 23 heavy (non-hydrogen) atoms. The fraction of sp³-hybridized carbons (Fsp3) is 0.286. The largest absolute Gasteiger partial charge is 0.245 e. The van der Waals surface area contributed by atoms with Gasteiger partial charge in [-0.05, 0) is 48.6 Å². The number of nitrogens with zero attached hydrogens (tertiary/aromatic N) is 1. The van der Waals surface area contributed by atoms with Crippen molar-refractivity contribution in [1.29, 1.82) is 0 Å². The van der Waals surface area contributed by atoms with E-state index in [2.05, 4.69) is 59.6 Å². The molecular formula is C21H21NS. The Bertz CT molecular complexity index is 723. The van der Waals surface area contributed by atoms with Gasteiger partial charge in [0.2, 0.25) is 0 Å². The van der Waals surface area contributed by atoms with E-state index in [4.69, 9.17) is 0 Å². The Morgan fingerprint density at radius 1 is 0.739 bits per heavy atom. The second-order valence-electron chi connectivity index (χ2n) is 6.42. The zero-order chi connectivity index (χ0) is 15.5. The van der Waals surface area contributed by atoms with E-state index in [1.165, 1.54) is 42.4 Å². The molecule has 0 saturated heterocycles. The highest BCUT2D eigenvalue weighted by molar-refractivity contribution is 7.13. The average Bonchev–Trinajstić information content (AvgIpc) is 3.18. The van der Waals surface area contributed by atoms with Crippen LogP contribution in [0.1, 0.15) is 48.6 Å². The third kappa shape index (κ3) is 3.23. The first-order valence-corrected chi connectivity index (χ1v) is 9.33. The third-order valence-corrected chi connectivity index (χ3v) is 5.88. The number of benzene rings is 2. The van der Waals surface area contributed by atoms with Crippen molar-refractivity contribution in [3.8, 4) is 10.6 Å². The molecule has 1 aromatic heterocycles. The molecule has 0 radical (unpaired) electrons. The minimum atomic E-state index is 0.723. The molecule has 0 unspecified atom stereocenters. The molecule has 2 aromatic carbocycles. The van der Waals surface area contributed by atoms with E-state index in [-0.39, 0.29) is 0 Å². The molecule has 1 aliphatic rings. The summed E-state index contributed by atoms with van der Waals surface area (Å²) in [6.07, 6.45) is 7.09. The molecule has 2 heteroatoms. The SMILES string of the molecule is c1ccc(C2CCC(c3ccc(-c4nccs4)cc3)CC2)cc1. The molecule has 0 atom stereocenters. The lowest BCUT2D eigenvalue weighted by molar-refractivity contribution is 0.396. The van der Waals surface area contributed by atoms with Gasteiger partial charge in [0.25, 0.3) is 0 Å². The highest BCUT2D eigenvalue weighted by atomic mass is 32.1. The molecule has 0 spiro atoms. The van der Waals surface area contributed by atoms with Crippen molar-refractivity contribution in [1.82, 2.24) is 4.98 Å². The summed E-state index contributed by atoms with van der Waals surface area (Å²) >= 11 is 1.70. The van der Waals surface area contributed by atoms with Crippen LogP contribution in [-0.2, 0) is 0 Å². The molecule has 1 aliphatic carbocycles. The van der Waals surface area contributed by atoms with E-state index in [9.17, 15) is 0 Å². The van der Waals surface area contributed by atoms with Gasteiger partial charge < -0.3 is 0 Å². The molecule has 0 aliphatic heterocycles. The quantitative estimate of drug-likeness (QED) is 0.556. The van der Waals surface area contributed by atoms with E-state index in [1.54, 1.807) is 11.3 Å². The van der Waals surface area contributed by atoms with Crippen molar-refractivity contribution in [3.05, 3.63) is 77.3 Å². The summed E-state index contributed by atoms with van der Waals surface area (Å²) in [6, 6.07) is 20.1. The molecule has 1 saturated carbocycles. The zero-order valence-corrected chi connectivity index (χ0v) is 14.0. The average molecular weight is 319 g/mol. The summed E-state index contributed by atoms with van der Waals surface area (Å²) in [6.45, 7) is 0. The standard InChI is InChI=1S/C21H21NS/c1-2-4-16(5-3-1)17-6-8-18(9-7-17)19-10-12-20(13-11-19)21-22-14-15-23-21/h1-5,10-15,17-18H,6-9H2. The molecule has 4 rings (SSSR count). The molecule has 116 valence electrons. The van der Waals surface area contributed by atoms with Crippen LogP contribution in [0.15, 0.2) is 66.2 Å². The van der Waals surface area contributed by atoms with Crippen LogP contribution in [0.25, 0.3) is 10.6 Å². The lowest BCUT2D eigenvalue weighted by Crippen LogP contribution is -2.12. The summed E-state index contributed by atoms with van der Waals surface area (Å²) in [5.74, 6) is 1.47. The maximum atomic E-state index is 4.39. The summed E-state index contributed by atoms with van der Waals surface area (Å²) in [5, 5.41) is 3.15. The van der Waals surface area contributed by atoms with Crippen molar-refractivity contribution in [3.63, 3.8) is 0 Å². The van der Waals surface area contributed by atoms with Crippen LogP contribution < -0.4 is 0 Å². The maximum Gasteiger partial charge on any atom is 0.123 e. The smallest absolute Gasteiger partial charge is 0.123 e.